The molecule has 2 amide bonds. The van der Waals surface area contributed by atoms with Crippen LogP contribution in [0.4, 0.5) is 0 Å². The van der Waals surface area contributed by atoms with Crippen molar-refractivity contribution < 1.29 is 49.4 Å². The van der Waals surface area contributed by atoms with Gasteiger partial charge in [-0.15, -0.1) is 6.58 Å². The van der Waals surface area contributed by atoms with Gasteiger partial charge in [-0.2, -0.15) is 0 Å². The molecule has 1 aliphatic heterocycles. The number of rotatable bonds is 13. The summed E-state index contributed by atoms with van der Waals surface area (Å²) in [6, 6.07) is 15.6. The van der Waals surface area contributed by atoms with E-state index in [0.29, 0.717) is 5.56 Å². The van der Waals surface area contributed by atoms with Crippen molar-refractivity contribution in [1.29, 1.82) is 0 Å². The third-order valence-corrected chi connectivity index (χ3v) is 6.47. The molecule has 6 atom stereocenters. The second-order valence-corrected chi connectivity index (χ2v) is 9.36. The number of carboxylic acids is 1. The molecular formula is C28H34N2O10. The molecule has 7 N–H and O–H groups in total. The Kier molecular flexibility index (Phi) is 10.9. The molecular weight excluding hydrogens is 524 g/mol. The molecule has 6 unspecified atom stereocenters. The number of carboxylic acid groups (broad SMARTS) is 1. The molecule has 0 aliphatic carbocycles. The van der Waals surface area contributed by atoms with E-state index >= 15 is 0 Å². The molecule has 0 aromatic heterocycles. The predicted molar refractivity (Wildman–Crippen MR) is 142 cm³/mol. The maximum Gasteiger partial charge on any atom is 0.364 e. The lowest BCUT2D eigenvalue weighted by atomic mass is 9.88. The third kappa shape index (κ3) is 7.72. The Bertz CT molecular complexity index is 1160. The fraction of sp³-hybridized carbons (Fsp3) is 0.393. The number of aliphatic carboxylic acids is 1. The Hall–Kier alpha value is -3.65. The van der Waals surface area contributed by atoms with Gasteiger partial charge in [0.2, 0.25) is 11.8 Å². The van der Waals surface area contributed by atoms with Crippen LogP contribution in [0.2, 0.25) is 0 Å². The van der Waals surface area contributed by atoms with Gasteiger partial charge in [0.25, 0.3) is 5.79 Å². The maximum absolute atomic E-state index is 12.5. The van der Waals surface area contributed by atoms with Crippen LogP contribution in [-0.4, -0.2) is 99.3 Å². The first-order valence-electron chi connectivity index (χ1n) is 12.6. The van der Waals surface area contributed by atoms with Crippen LogP contribution in [0.3, 0.4) is 0 Å². The smallest absolute Gasteiger partial charge is 0.364 e. The summed E-state index contributed by atoms with van der Waals surface area (Å²) in [6.45, 7) is 1.76. The molecule has 12 heteroatoms. The molecule has 3 rings (SSSR count). The minimum absolute atomic E-state index is 0.0107. The Morgan fingerprint density at radius 1 is 1.07 bits per heavy atom. The molecule has 0 spiro atoms. The van der Waals surface area contributed by atoms with Crippen LogP contribution < -0.4 is 10.6 Å². The second-order valence-electron chi connectivity index (χ2n) is 9.36. The predicted octanol–water partition coefficient (Wildman–Crippen LogP) is -0.655. The number of aliphatic hydroxyl groups is 4. The van der Waals surface area contributed by atoms with E-state index in [1.807, 2.05) is 42.5 Å². The Morgan fingerprint density at radius 3 is 2.33 bits per heavy atom. The summed E-state index contributed by atoms with van der Waals surface area (Å²) >= 11 is 0. The van der Waals surface area contributed by atoms with E-state index in [0.717, 1.165) is 11.1 Å². The first-order chi connectivity index (χ1) is 19.1. The molecule has 1 aliphatic rings. The summed E-state index contributed by atoms with van der Waals surface area (Å²) in [5.41, 5.74) is 2.72. The quantitative estimate of drug-likeness (QED) is 0.155. The average Bonchev–Trinajstić information content (AvgIpc) is 2.96. The molecule has 1 heterocycles. The molecule has 216 valence electrons. The highest BCUT2D eigenvalue weighted by molar-refractivity contribution is 5.79. The lowest BCUT2D eigenvalue weighted by molar-refractivity contribution is -0.307. The Labute approximate surface area is 230 Å². The van der Waals surface area contributed by atoms with Gasteiger partial charge in [-0.25, -0.2) is 4.79 Å². The first kappa shape index (κ1) is 30.9. The number of hydrogen-bond acceptors (Lipinski definition) is 9. The monoisotopic (exact) mass is 558 g/mol. The van der Waals surface area contributed by atoms with Crippen molar-refractivity contribution in [3.8, 4) is 11.1 Å². The van der Waals surface area contributed by atoms with Crippen molar-refractivity contribution in [2.24, 2.45) is 0 Å². The van der Waals surface area contributed by atoms with Crippen molar-refractivity contribution in [1.82, 2.24) is 10.6 Å². The highest BCUT2D eigenvalue weighted by atomic mass is 16.7. The van der Waals surface area contributed by atoms with Gasteiger partial charge in [0, 0.05) is 13.0 Å². The molecule has 0 saturated carbocycles. The van der Waals surface area contributed by atoms with Gasteiger partial charge in [-0.3, -0.25) is 9.59 Å². The zero-order valence-electron chi connectivity index (χ0n) is 21.7. The minimum Gasteiger partial charge on any atom is -0.477 e. The molecule has 2 aromatic rings. The summed E-state index contributed by atoms with van der Waals surface area (Å²) in [6.07, 6.45) is -6.28. The highest BCUT2D eigenvalue weighted by Crippen LogP contribution is 2.33. The van der Waals surface area contributed by atoms with Gasteiger partial charge in [-0.05, 0) is 16.7 Å². The van der Waals surface area contributed by atoms with Crippen LogP contribution in [-0.2, 0) is 30.3 Å². The average molecular weight is 559 g/mol. The van der Waals surface area contributed by atoms with E-state index in [9.17, 15) is 34.8 Å². The van der Waals surface area contributed by atoms with Crippen molar-refractivity contribution in [3.05, 3.63) is 72.8 Å². The third-order valence-electron chi connectivity index (χ3n) is 6.47. The van der Waals surface area contributed by atoms with E-state index < -0.39 is 73.6 Å². The fourth-order valence-electron chi connectivity index (χ4n) is 4.39. The van der Waals surface area contributed by atoms with Crippen LogP contribution in [0.15, 0.2) is 67.3 Å². The topological polar surface area (TPSA) is 195 Å². The second kappa shape index (κ2) is 14.1. The van der Waals surface area contributed by atoms with Gasteiger partial charge >= 0.3 is 5.97 Å². The first-order valence-corrected chi connectivity index (χ1v) is 12.6. The van der Waals surface area contributed by atoms with Crippen molar-refractivity contribution in [3.63, 3.8) is 0 Å². The van der Waals surface area contributed by atoms with Gasteiger partial charge in [-0.1, -0.05) is 60.7 Å². The molecule has 1 saturated heterocycles. The van der Waals surface area contributed by atoms with E-state index in [2.05, 4.69) is 17.2 Å². The van der Waals surface area contributed by atoms with E-state index in [1.54, 1.807) is 12.1 Å². The van der Waals surface area contributed by atoms with Crippen LogP contribution in [0, 0.1) is 0 Å². The van der Waals surface area contributed by atoms with E-state index in [1.165, 1.54) is 6.08 Å². The zero-order valence-corrected chi connectivity index (χ0v) is 21.7. The number of ether oxygens (including phenoxy) is 2. The van der Waals surface area contributed by atoms with Crippen LogP contribution in [0.25, 0.3) is 11.1 Å². The van der Waals surface area contributed by atoms with Gasteiger partial charge < -0.3 is 45.6 Å². The van der Waals surface area contributed by atoms with Crippen molar-refractivity contribution >= 4 is 17.8 Å². The number of carbonyl (C=O) groups excluding carboxylic acids is 2. The van der Waals surface area contributed by atoms with Crippen molar-refractivity contribution in [2.45, 2.75) is 49.1 Å². The Morgan fingerprint density at radius 2 is 1.73 bits per heavy atom. The van der Waals surface area contributed by atoms with Gasteiger partial charge in [0.15, 0.2) is 0 Å². The number of aliphatic hydroxyl groups excluding tert-OH is 4. The van der Waals surface area contributed by atoms with E-state index in [-0.39, 0.29) is 13.0 Å². The number of carbonyl (C=O) groups is 3. The lowest BCUT2D eigenvalue weighted by Gasteiger charge is -2.46. The fourth-order valence-corrected chi connectivity index (χ4v) is 4.39. The van der Waals surface area contributed by atoms with E-state index in [4.69, 9.17) is 14.6 Å². The Balaban J connectivity index is 1.66. The largest absolute Gasteiger partial charge is 0.477 e. The van der Waals surface area contributed by atoms with Crippen LogP contribution in [0.1, 0.15) is 12.0 Å². The molecule has 0 bridgehead atoms. The number of amides is 2. The van der Waals surface area contributed by atoms with Gasteiger partial charge in [0.05, 0.1) is 31.3 Å². The van der Waals surface area contributed by atoms with Crippen LogP contribution >= 0.6 is 0 Å². The number of hydrogen-bond donors (Lipinski definition) is 7. The molecule has 2 aromatic carbocycles. The SMILES string of the molecule is C=CCOC1(C(=O)O)CC(O)C(NC(=O)CO)C(C(O)C(O)CNC(=O)Cc2ccc(-c3ccccc3)cc2)O1. The summed E-state index contributed by atoms with van der Waals surface area (Å²) in [5, 5.41) is 55.8. The molecule has 12 nitrogen and oxygen atoms in total. The summed E-state index contributed by atoms with van der Waals surface area (Å²) < 4.78 is 10.8. The zero-order chi connectivity index (χ0) is 29.3. The van der Waals surface area contributed by atoms with Crippen LogP contribution in [0.5, 0.6) is 0 Å². The van der Waals surface area contributed by atoms with Crippen molar-refractivity contribution in [2.75, 3.05) is 19.8 Å². The lowest BCUT2D eigenvalue weighted by Crippen LogP contribution is -2.68. The minimum atomic E-state index is -2.42. The standard InChI is InChI=1S/C28H34N2O10/c1-2-12-39-28(27(37)38)14-20(32)24(30-23(35)16-31)26(40-28)25(36)21(33)15-29-22(34)13-17-8-10-19(11-9-17)18-6-4-3-5-7-18/h2-11,20-21,24-26,31-33,36H,1,12-16H2,(H,29,34)(H,30,35)(H,37,38). The molecule has 40 heavy (non-hydrogen) atoms. The molecule has 1 fully saturated rings. The summed E-state index contributed by atoms with van der Waals surface area (Å²) in [7, 11) is 0. The number of benzene rings is 2. The molecule has 0 radical (unpaired) electrons. The normalized spacial score (nSPS) is 23.9. The highest BCUT2D eigenvalue weighted by Gasteiger charge is 2.55. The summed E-state index contributed by atoms with van der Waals surface area (Å²) in [4.78, 5) is 36.4. The number of nitrogens with one attached hydrogen (secondary N) is 2. The van der Waals surface area contributed by atoms with Gasteiger partial charge in [0.1, 0.15) is 18.8 Å². The maximum atomic E-state index is 12.5. The summed E-state index contributed by atoms with van der Waals surface area (Å²) in [5.74, 6) is -5.42.